The molecule has 3 aromatic rings. The first kappa shape index (κ1) is 14.0. The fraction of sp³-hybridized carbons (Fsp3) is 0.211. The number of benzene rings is 2. The van der Waals surface area contributed by atoms with Crippen molar-refractivity contribution in [3.05, 3.63) is 60.3 Å². The van der Waals surface area contributed by atoms with Crippen LogP contribution in [0.5, 0.6) is 0 Å². The quantitative estimate of drug-likeness (QED) is 0.621. The maximum atomic E-state index is 4.64. The van der Waals surface area contributed by atoms with Crippen LogP contribution in [0.2, 0.25) is 19.6 Å². The number of aryl methyl sites for hydroxylation is 1. The largest absolute Gasteiger partial charge is 0.256 e. The summed E-state index contributed by atoms with van der Waals surface area (Å²) in [6.07, 6.45) is 1.98. The first-order valence-electron chi connectivity index (χ1n) is 7.41. The van der Waals surface area contributed by atoms with Crippen LogP contribution in [-0.4, -0.2) is 13.1 Å². The second-order valence-corrected chi connectivity index (χ2v) is 11.8. The molecule has 21 heavy (non-hydrogen) atoms. The fourth-order valence-corrected chi connectivity index (χ4v) is 3.81. The van der Waals surface area contributed by atoms with Gasteiger partial charge in [0.1, 0.15) is 0 Å². The Kier molecular flexibility index (Phi) is 3.42. The molecule has 0 spiro atoms. The smallest absolute Gasteiger partial charge is 0.0776 e. The Bertz CT molecular complexity index is 800. The minimum absolute atomic E-state index is 1.08. The van der Waals surface area contributed by atoms with E-state index in [-0.39, 0.29) is 0 Å². The van der Waals surface area contributed by atoms with Crippen LogP contribution in [0.4, 0.5) is 0 Å². The Labute approximate surface area is 127 Å². The second-order valence-electron chi connectivity index (χ2n) is 6.70. The molecule has 0 radical (unpaired) electrons. The lowest BCUT2D eigenvalue weighted by Crippen LogP contribution is -2.37. The van der Waals surface area contributed by atoms with Crippen molar-refractivity contribution in [1.29, 1.82) is 0 Å². The molecule has 0 aliphatic rings. The molecule has 0 atom stereocenters. The van der Waals surface area contributed by atoms with Crippen molar-refractivity contribution in [2.45, 2.75) is 26.6 Å². The van der Waals surface area contributed by atoms with Gasteiger partial charge < -0.3 is 0 Å². The van der Waals surface area contributed by atoms with E-state index in [1.54, 1.807) is 0 Å². The van der Waals surface area contributed by atoms with E-state index >= 15 is 0 Å². The van der Waals surface area contributed by atoms with Crippen molar-refractivity contribution in [2.75, 3.05) is 0 Å². The number of aromatic nitrogens is 1. The number of nitrogens with zero attached hydrogens (tertiary/aromatic N) is 1. The van der Waals surface area contributed by atoms with E-state index in [0.29, 0.717) is 0 Å². The van der Waals surface area contributed by atoms with E-state index in [2.05, 4.69) is 80.1 Å². The van der Waals surface area contributed by atoms with E-state index in [4.69, 9.17) is 0 Å². The summed E-state index contributed by atoms with van der Waals surface area (Å²) in [4.78, 5) is 4.64. The number of rotatable bonds is 2. The van der Waals surface area contributed by atoms with Gasteiger partial charge in [-0.1, -0.05) is 61.2 Å². The Morgan fingerprint density at radius 1 is 0.905 bits per heavy atom. The molecule has 2 heteroatoms. The van der Waals surface area contributed by atoms with Gasteiger partial charge in [-0.25, -0.2) is 0 Å². The zero-order valence-electron chi connectivity index (χ0n) is 13.1. The number of fused-ring (bicyclic) bond motifs is 1. The fourth-order valence-electron chi connectivity index (χ4n) is 2.64. The summed E-state index contributed by atoms with van der Waals surface area (Å²) in [6, 6.07) is 17.5. The molecule has 0 bridgehead atoms. The number of pyridine rings is 1. The zero-order chi connectivity index (χ0) is 15.0. The van der Waals surface area contributed by atoms with E-state index < -0.39 is 8.07 Å². The van der Waals surface area contributed by atoms with Crippen molar-refractivity contribution in [1.82, 2.24) is 4.98 Å². The average molecular weight is 291 g/mol. The highest BCUT2D eigenvalue weighted by Gasteiger charge is 2.16. The van der Waals surface area contributed by atoms with Gasteiger partial charge in [0, 0.05) is 17.1 Å². The van der Waals surface area contributed by atoms with Gasteiger partial charge in [-0.3, -0.25) is 4.98 Å². The van der Waals surface area contributed by atoms with Crippen LogP contribution in [0.3, 0.4) is 0 Å². The Hall–Kier alpha value is -1.93. The average Bonchev–Trinajstić information content (AvgIpc) is 2.45. The Morgan fingerprint density at radius 2 is 1.67 bits per heavy atom. The molecule has 2 aromatic carbocycles. The summed E-state index contributed by atoms with van der Waals surface area (Å²) in [6.45, 7) is 9.30. The molecule has 3 rings (SSSR count). The van der Waals surface area contributed by atoms with Gasteiger partial charge in [0.05, 0.1) is 13.6 Å². The van der Waals surface area contributed by atoms with Crippen LogP contribution in [-0.2, 0) is 0 Å². The maximum absolute atomic E-state index is 4.64. The Balaban J connectivity index is 2.17. The second kappa shape index (κ2) is 5.12. The van der Waals surface area contributed by atoms with Crippen LogP contribution >= 0.6 is 0 Å². The molecule has 106 valence electrons. The molecule has 0 N–H and O–H groups in total. The predicted molar refractivity (Wildman–Crippen MR) is 94.9 cm³/mol. The molecule has 1 aromatic heterocycles. The number of hydrogen-bond acceptors (Lipinski definition) is 1. The molecule has 0 saturated heterocycles. The molecule has 1 heterocycles. The highest BCUT2D eigenvalue weighted by Crippen LogP contribution is 2.25. The van der Waals surface area contributed by atoms with Crippen molar-refractivity contribution in [3.8, 4) is 11.1 Å². The summed E-state index contributed by atoms with van der Waals surface area (Å²) in [5.41, 5.74) is 4.84. The summed E-state index contributed by atoms with van der Waals surface area (Å²) in [7, 11) is -1.29. The molecular weight excluding hydrogens is 270 g/mol. The topological polar surface area (TPSA) is 12.9 Å². The standard InChI is InChI=1S/C19H21NSi/c1-14-7-5-6-8-18(14)16-11-15-12-17(21(2,3)4)9-10-19(15)20-13-16/h5-13H,1-4H3. The highest BCUT2D eigenvalue weighted by atomic mass is 28.3. The third-order valence-corrected chi connectivity index (χ3v) is 6.05. The molecule has 0 fully saturated rings. The molecule has 0 saturated carbocycles. The monoisotopic (exact) mass is 291 g/mol. The van der Waals surface area contributed by atoms with Gasteiger partial charge in [0.25, 0.3) is 0 Å². The Morgan fingerprint density at radius 3 is 2.38 bits per heavy atom. The summed E-state index contributed by atoms with van der Waals surface area (Å²) < 4.78 is 0. The first-order chi connectivity index (χ1) is 9.95. The zero-order valence-corrected chi connectivity index (χ0v) is 14.1. The van der Waals surface area contributed by atoms with Crippen molar-refractivity contribution >= 4 is 24.2 Å². The van der Waals surface area contributed by atoms with Gasteiger partial charge in [0.15, 0.2) is 0 Å². The van der Waals surface area contributed by atoms with Gasteiger partial charge >= 0.3 is 0 Å². The highest BCUT2D eigenvalue weighted by molar-refractivity contribution is 6.88. The molecule has 0 unspecified atom stereocenters. The molecular formula is C19H21NSi. The minimum Gasteiger partial charge on any atom is -0.256 e. The molecule has 0 aliphatic heterocycles. The van der Waals surface area contributed by atoms with E-state index in [1.807, 2.05) is 6.20 Å². The molecule has 0 aliphatic carbocycles. The summed E-state index contributed by atoms with van der Waals surface area (Å²) in [5.74, 6) is 0. The first-order valence-corrected chi connectivity index (χ1v) is 10.9. The van der Waals surface area contributed by atoms with Gasteiger partial charge in [-0.15, -0.1) is 0 Å². The van der Waals surface area contributed by atoms with Crippen molar-refractivity contribution in [3.63, 3.8) is 0 Å². The summed E-state index contributed by atoms with van der Waals surface area (Å²) >= 11 is 0. The normalized spacial score (nSPS) is 11.8. The van der Waals surface area contributed by atoms with Gasteiger partial charge in [0.2, 0.25) is 0 Å². The van der Waals surface area contributed by atoms with Crippen LogP contribution in [0.1, 0.15) is 5.56 Å². The van der Waals surface area contributed by atoms with E-state index in [0.717, 1.165) is 5.52 Å². The van der Waals surface area contributed by atoms with Gasteiger partial charge in [-0.2, -0.15) is 0 Å². The lowest BCUT2D eigenvalue weighted by Gasteiger charge is -2.17. The van der Waals surface area contributed by atoms with E-state index in [9.17, 15) is 0 Å². The third kappa shape index (κ3) is 2.77. The van der Waals surface area contributed by atoms with Crippen LogP contribution in [0, 0.1) is 6.92 Å². The lowest BCUT2D eigenvalue weighted by molar-refractivity contribution is 1.39. The minimum atomic E-state index is -1.29. The van der Waals surface area contributed by atoms with Crippen LogP contribution in [0.15, 0.2) is 54.7 Å². The van der Waals surface area contributed by atoms with E-state index in [1.165, 1.54) is 27.3 Å². The van der Waals surface area contributed by atoms with Crippen molar-refractivity contribution in [2.24, 2.45) is 0 Å². The molecule has 1 nitrogen and oxygen atoms in total. The SMILES string of the molecule is Cc1ccccc1-c1cnc2ccc([Si](C)(C)C)cc2c1. The van der Waals surface area contributed by atoms with Crippen LogP contribution in [0.25, 0.3) is 22.0 Å². The predicted octanol–water partition coefficient (Wildman–Crippen LogP) is 4.76. The molecule has 0 amide bonds. The summed E-state index contributed by atoms with van der Waals surface area (Å²) in [5, 5.41) is 2.73. The maximum Gasteiger partial charge on any atom is 0.0776 e. The van der Waals surface area contributed by atoms with Crippen molar-refractivity contribution < 1.29 is 0 Å². The van der Waals surface area contributed by atoms with Crippen LogP contribution < -0.4 is 5.19 Å². The van der Waals surface area contributed by atoms with Gasteiger partial charge in [-0.05, 0) is 30.2 Å². The third-order valence-electron chi connectivity index (χ3n) is 4.00. The number of hydrogen-bond donors (Lipinski definition) is 0. The lowest BCUT2D eigenvalue weighted by atomic mass is 10.0.